The van der Waals surface area contributed by atoms with Gasteiger partial charge in [-0.15, -0.1) is 0 Å². The lowest BCUT2D eigenvalue weighted by molar-refractivity contribution is 1.49. The van der Waals surface area contributed by atoms with E-state index in [1.807, 2.05) is 24.3 Å². The second-order valence-corrected chi connectivity index (χ2v) is 18.9. The van der Waals surface area contributed by atoms with E-state index in [9.17, 15) is 0 Å². The summed E-state index contributed by atoms with van der Waals surface area (Å²) < 4.78 is 0. The van der Waals surface area contributed by atoms with Crippen LogP contribution in [0.4, 0.5) is 5.69 Å². The Bertz CT molecular complexity index is 4520. The Labute approximate surface area is 420 Å². The van der Waals surface area contributed by atoms with Gasteiger partial charge in [0.1, 0.15) is 0 Å². The number of rotatable bonds is 1. The third-order valence-corrected chi connectivity index (χ3v) is 13.6. The van der Waals surface area contributed by atoms with Gasteiger partial charge in [-0.3, -0.25) is 0 Å². The molecule has 0 aromatic heterocycles. The van der Waals surface area contributed by atoms with Gasteiger partial charge in [0.05, 0.1) is 0 Å². The maximum absolute atomic E-state index is 5.96. The van der Waals surface area contributed by atoms with Gasteiger partial charge in [-0.05, 0) is 217 Å². The summed E-state index contributed by atoms with van der Waals surface area (Å²) in [5.74, 6) is 27.4. The van der Waals surface area contributed by atoms with Crippen molar-refractivity contribution in [2.75, 3.05) is 5.73 Å². The van der Waals surface area contributed by atoms with Crippen molar-refractivity contribution in [2.24, 2.45) is 0 Å². The Morgan fingerprint density at radius 1 is 0.264 bits per heavy atom. The Morgan fingerprint density at radius 3 is 1.18 bits per heavy atom. The normalized spacial score (nSPS) is 10.9. The Kier molecular flexibility index (Phi) is 11.1. The van der Waals surface area contributed by atoms with Gasteiger partial charge in [-0.1, -0.05) is 150 Å². The molecule has 0 aliphatic carbocycles. The molecule has 0 aliphatic rings. The fourth-order valence-electron chi connectivity index (χ4n) is 9.75. The van der Waals surface area contributed by atoms with Crippen molar-refractivity contribution in [2.45, 2.75) is 20.8 Å². The molecule has 0 saturated heterocycles. The van der Waals surface area contributed by atoms with Gasteiger partial charge in [0.15, 0.2) is 0 Å². The molecule has 334 valence electrons. The fourth-order valence-corrected chi connectivity index (χ4v) is 9.75. The molecule has 2 N–H and O–H groups in total. The van der Waals surface area contributed by atoms with E-state index >= 15 is 0 Å². The minimum absolute atomic E-state index is 0.763. The molecule has 0 atom stereocenters. The number of hydrogen-bond acceptors (Lipinski definition) is 1. The van der Waals surface area contributed by atoms with E-state index < -0.39 is 0 Å². The first kappa shape index (κ1) is 43.5. The summed E-state index contributed by atoms with van der Waals surface area (Å²) in [5, 5.41) is 13.9. The number of benzene rings is 12. The Balaban J connectivity index is 0.782. The molecule has 0 heterocycles. The molecule has 1 nitrogen and oxygen atoms in total. The van der Waals surface area contributed by atoms with E-state index in [0.29, 0.717) is 0 Å². The van der Waals surface area contributed by atoms with Crippen molar-refractivity contribution in [3.05, 3.63) is 267 Å². The number of anilines is 1. The molecule has 12 aromatic carbocycles. The van der Waals surface area contributed by atoms with Crippen LogP contribution in [0.3, 0.4) is 0 Å². The predicted octanol–water partition coefficient (Wildman–Crippen LogP) is 16.4. The monoisotopic (exact) mass is 911 g/mol. The SMILES string of the molecule is Cc1ccc2cc(C#Cc3ccc4cc(C#Cc5ccc(C)c6cc(-c7cc(C)cc8ccc(C#Cc9ccc%10cc(C#Cc%11ccc%12cc(N)ccc%12c%11)ccc%10c9)cc78)ccc56)ccc4c3)ccc2c1. The van der Waals surface area contributed by atoms with Crippen molar-refractivity contribution in [3.8, 4) is 58.5 Å². The largest absolute Gasteiger partial charge is 0.399 e. The smallest absolute Gasteiger partial charge is 0.0327 e. The standard InChI is InChI=1S/C71H45N/c1-46-4-20-58-37-49(13-23-57(58)34-46)6-7-50-15-26-62-42-54(17-27-61(62)39-50)12-22-56-21-5-48(3)69-45-66(31-33-68(56)69)70-36-47(2)35-65-29-19-55(43-71(65)70)11-10-53-16-25-59-38-51(14-24-60(59)40-53)8-9-52-18-28-64-44-67(72)32-30-63(64)41-52/h4-5,13-21,23-45H,72H2,1-3H3. The highest BCUT2D eigenvalue weighted by atomic mass is 14.5. The summed E-state index contributed by atoms with van der Waals surface area (Å²) in [7, 11) is 0. The first-order valence-corrected chi connectivity index (χ1v) is 24.2. The van der Waals surface area contributed by atoms with Crippen LogP contribution in [0.15, 0.2) is 206 Å². The zero-order chi connectivity index (χ0) is 48.7. The summed E-state index contributed by atoms with van der Waals surface area (Å²) in [5.41, 5.74) is 20.7. The molecule has 12 rings (SSSR count). The molecule has 1 heteroatoms. The molecule has 0 bridgehead atoms. The van der Waals surface area contributed by atoms with Crippen LogP contribution in [-0.4, -0.2) is 0 Å². The van der Waals surface area contributed by atoms with Gasteiger partial charge in [-0.2, -0.15) is 0 Å². The number of nitrogen functional groups attached to an aromatic ring is 1. The highest BCUT2D eigenvalue weighted by Crippen LogP contribution is 2.35. The first-order chi connectivity index (χ1) is 35.2. The molecule has 0 aliphatic heterocycles. The van der Waals surface area contributed by atoms with Crippen molar-refractivity contribution in [3.63, 3.8) is 0 Å². The summed E-state index contributed by atoms with van der Waals surface area (Å²) in [6, 6.07) is 72.9. The summed E-state index contributed by atoms with van der Waals surface area (Å²) in [6.07, 6.45) is 0. The molecule has 0 unspecified atom stereocenters. The summed E-state index contributed by atoms with van der Waals surface area (Å²) >= 11 is 0. The third kappa shape index (κ3) is 9.00. The quantitative estimate of drug-likeness (QED) is 0.129. The van der Waals surface area contributed by atoms with E-state index in [4.69, 9.17) is 5.73 Å². The van der Waals surface area contributed by atoms with Crippen LogP contribution in [0.2, 0.25) is 0 Å². The van der Waals surface area contributed by atoms with Gasteiger partial charge in [0.25, 0.3) is 0 Å². The zero-order valence-corrected chi connectivity index (χ0v) is 40.2. The van der Waals surface area contributed by atoms with E-state index in [1.54, 1.807) is 0 Å². The van der Waals surface area contributed by atoms with Gasteiger partial charge in [-0.25, -0.2) is 0 Å². The van der Waals surface area contributed by atoms with Crippen molar-refractivity contribution in [1.82, 2.24) is 0 Å². The van der Waals surface area contributed by atoms with E-state index in [0.717, 1.165) is 87.9 Å². The molecule has 12 aromatic rings. The van der Waals surface area contributed by atoms with Crippen LogP contribution in [0.5, 0.6) is 0 Å². The Hall–Kier alpha value is -9.76. The first-order valence-electron chi connectivity index (χ1n) is 24.2. The maximum Gasteiger partial charge on any atom is 0.0327 e. The average Bonchev–Trinajstić information content (AvgIpc) is 3.40. The minimum Gasteiger partial charge on any atom is -0.399 e. The van der Waals surface area contributed by atoms with Crippen LogP contribution < -0.4 is 5.73 Å². The van der Waals surface area contributed by atoms with Gasteiger partial charge < -0.3 is 5.73 Å². The topological polar surface area (TPSA) is 26.0 Å². The maximum atomic E-state index is 5.96. The molecular formula is C71H45N. The molecule has 72 heavy (non-hydrogen) atoms. The van der Waals surface area contributed by atoms with Crippen molar-refractivity contribution in [1.29, 1.82) is 0 Å². The lowest BCUT2D eigenvalue weighted by Gasteiger charge is -2.12. The lowest BCUT2D eigenvalue weighted by atomic mass is 9.91. The zero-order valence-electron chi connectivity index (χ0n) is 40.2. The van der Waals surface area contributed by atoms with Gasteiger partial charge >= 0.3 is 0 Å². The molecule has 0 radical (unpaired) electrons. The molecule has 0 amide bonds. The molecule has 0 saturated carbocycles. The number of hydrogen-bond donors (Lipinski definition) is 1. The molecule has 0 spiro atoms. The third-order valence-electron chi connectivity index (χ3n) is 13.6. The van der Waals surface area contributed by atoms with Crippen molar-refractivity contribution >= 4 is 70.3 Å². The van der Waals surface area contributed by atoms with Crippen LogP contribution in [0, 0.1) is 68.1 Å². The number of aryl methyl sites for hydroxylation is 3. The van der Waals surface area contributed by atoms with E-state index in [1.165, 1.54) is 54.7 Å². The van der Waals surface area contributed by atoms with Crippen LogP contribution in [0.1, 0.15) is 61.2 Å². The predicted molar refractivity (Wildman–Crippen MR) is 305 cm³/mol. The fraction of sp³-hybridized carbons (Fsp3) is 0.0423. The second kappa shape index (κ2) is 18.3. The highest BCUT2D eigenvalue weighted by molar-refractivity contribution is 6.02. The average molecular weight is 912 g/mol. The van der Waals surface area contributed by atoms with Gasteiger partial charge in [0.2, 0.25) is 0 Å². The number of fused-ring (bicyclic) bond motifs is 6. The van der Waals surface area contributed by atoms with Crippen LogP contribution in [0.25, 0.3) is 75.8 Å². The van der Waals surface area contributed by atoms with Crippen LogP contribution in [-0.2, 0) is 0 Å². The Morgan fingerprint density at radius 2 is 0.667 bits per heavy atom. The highest BCUT2D eigenvalue weighted by Gasteiger charge is 2.11. The number of nitrogens with two attached hydrogens (primary N) is 1. The van der Waals surface area contributed by atoms with Crippen LogP contribution >= 0.6 is 0 Å². The lowest BCUT2D eigenvalue weighted by Crippen LogP contribution is -1.89. The molecule has 0 fully saturated rings. The van der Waals surface area contributed by atoms with Crippen molar-refractivity contribution < 1.29 is 0 Å². The second-order valence-electron chi connectivity index (χ2n) is 18.9. The molecular weight excluding hydrogens is 867 g/mol. The summed E-state index contributed by atoms with van der Waals surface area (Å²) in [4.78, 5) is 0. The minimum atomic E-state index is 0.763. The van der Waals surface area contributed by atoms with E-state index in [-0.39, 0.29) is 0 Å². The summed E-state index contributed by atoms with van der Waals surface area (Å²) in [6.45, 7) is 6.47. The van der Waals surface area contributed by atoms with E-state index in [2.05, 4.69) is 250 Å². The van der Waals surface area contributed by atoms with Gasteiger partial charge in [0, 0.05) is 50.2 Å².